The molecule has 1 amide bonds. The lowest BCUT2D eigenvalue weighted by Crippen LogP contribution is -2.25. The second-order valence-corrected chi connectivity index (χ2v) is 6.33. The number of hydrogen-bond donors (Lipinski definition) is 1. The highest BCUT2D eigenvalue weighted by molar-refractivity contribution is 6.05. The fourth-order valence-electron chi connectivity index (χ4n) is 3.11. The van der Waals surface area contributed by atoms with E-state index in [2.05, 4.69) is 15.2 Å². The van der Waals surface area contributed by atoms with E-state index in [1.807, 2.05) is 12.1 Å². The third-order valence-electron chi connectivity index (χ3n) is 4.59. The summed E-state index contributed by atoms with van der Waals surface area (Å²) in [6.45, 7) is 2.05. The van der Waals surface area contributed by atoms with E-state index in [-0.39, 0.29) is 5.91 Å². The summed E-state index contributed by atoms with van der Waals surface area (Å²) in [6, 6.07) is 9.01. The fraction of sp³-hybridized carbons (Fsp3) is 0.400. The number of hydrogen-bond acceptors (Lipinski definition) is 5. The van der Waals surface area contributed by atoms with Gasteiger partial charge in [-0.15, -0.1) is 0 Å². The second-order valence-electron chi connectivity index (χ2n) is 6.33. The number of aromatic nitrogens is 1. The molecule has 6 heteroatoms. The molecule has 138 valence electrons. The van der Waals surface area contributed by atoms with Crippen LogP contribution in [0.2, 0.25) is 0 Å². The molecule has 0 spiro atoms. The van der Waals surface area contributed by atoms with Crippen LogP contribution in [0.15, 0.2) is 36.5 Å². The van der Waals surface area contributed by atoms with Crippen LogP contribution in [0.25, 0.3) is 0 Å². The Hall–Kier alpha value is -2.76. The van der Waals surface area contributed by atoms with Gasteiger partial charge in [-0.05, 0) is 37.1 Å². The molecule has 0 unspecified atom stereocenters. The number of ether oxygens (including phenoxy) is 2. The minimum Gasteiger partial charge on any atom is -0.497 e. The first-order chi connectivity index (χ1) is 12.7. The summed E-state index contributed by atoms with van der Waals surface area (Å²) in [5, 5.41) is 2.86. The molecule has 0 aliphatic carbocycles. The summed E-state index contributed by atoms with van der Waals surface area (Å²) in [5.74, 6) is 1.93. The van der Waals surface area contributed by atoms with Crippen LogP contribution in [-0.4, -0.2) is 38.2 Å². The van der Waals surface area contributed by atoms with Crippen molar-refractivity contribution in [1.82, 2.24) is 4.98 Å². The predicted octanol–water partition coefficient (Wildman–Crippen LogP) is 3.73. The first-order valence-electron chi connectivity index (χ1n) is 8.95. The Morgan fingerprint density at radius 1 is 1.04 bits per heavy atom. The second kappa shape index (κ2) is 8.56. The molecule has 1 aliphatic heterocycles. The monoisotopic (exact) mass is 355 g/mol. The summed E-state index contributed by atoms with van der Waals surface area (Å²) < 4.78 is 10.5. The summed E-state index contributed by atoms with van der Waals surface area (Å²) >= 11 is 0. The third-order valence-corrected chi connectivity index (χ3v) is 4.59. The van der Waals surface area contributed by atoms with Crippen LogP contribution in [0.3, 0.4) is 0 Å². The van der Waals surface area contributed by atoms with E-state index in [9.17, 15) is 4.79 Å². The van der Waals surface area contributed by atoms with Crippen molar-refractivity contribution in [3.8, 4) is 11.5 Å². The lowest BCUT2D eigenvalue weighted by molar-refractivity contribution is 0.102. The number of amides is 1. The van der Waals surface area contributed by atoms with Crippen LogP contribution in [0.4, 0.5) is 11.5 Å². The highest BCUT2D eigenvalue weighted by atomic mass is 16.5. The smallest absolute Gasteiger partial charge is 0.257 e. The van der Waals surface area contributed by atoms with E-state index >= 15 is 0 Å². The van der Waals surface area contributed by atoms with Crippen molar-refractivity contribution in [3.05, 3.63) is 42.1 Å². The molecule has 0 radical (unpaired) electrons. The topological polar surface area (TPSA) is 63.7 Å². The van der Waals surface area contributed by atoms with Gasteiger partial charge in [0, 0.05) is 25.4 Å². The molecule has 1 aromatic carbocycles. The van der Waals surface area contributed by atoms with Gasteiger partial charge in [-0.3, -0.25) is 4.79 Å². The molecule has 6 nitrogen and oxygen atoms in total. The molecule has 2 aromatic rings. The molecule has 1 aromatic heterocycles. The van der Waals surface area contributed by atoms with Gasteiger partial charge < -0.3 is 19.7 Å². The molecular weight excluding hydrogens is 330 g/mol. The van der Waals surface area contributed by atoms with Crippen molar-refractivity contribution < 1.29 is 14.3 Å². The van der Waals surface area contributed by atoms with Gasteiger partial charge in [0.05, 0.1) is 25.5 Å². The number of methoxy groups -OCH3 is 2. The minimum absolute atomic E-state index is 0.230. The summed E-state index contributed by atoms with van der Waals surface area (Å²) in [5.41, 5.74) is 1.07. The van der Waals surface area contributed by atoms with Crippen LogP contribution in [0.1, 0.15) is 36.0 Å². The minimum atomic E-state index is -0.230. The molecule has 1 saturated heterocycles. The molecule has 0 atom stereocenters. The van der Waals surface area contributed by atoms with Gasteiger partial charge in [0.2, 0.25) is 0 Å². The van der Waals surface area contributed by atoms with Gasteiger partial charge in [0.25, 0.3) is 5.91 Å². The lowest BCUT2D eigenvalue weighted by atomic mass is 10.2. The average Bonchev–Trinajstić information content (AvgIpc) is 2.97. The largest absolute Gasteiger partial charge is 0.497 e. The van der Waals surface area contributed by atoms with Gasteiger partial charge in [-0.1, -0.05) is 12.8 Å². The average molecular weight is 355 g/mol. The van der Waals surface area contributed by atoms with E-state index in [4.69, 9.17) is 9.47 Å². The van der Waals surface area contributed by atoms with Gasteiger partial charge in [-0.25, -0.2) is 4.98 Å². The molecule has 0 bridgehead atoms. The first-order valence-corrected chi connectivity index (χ1v) is 8.95. The Labute approximate surface area is 154 Å². The highest BCUT2D eigenvalue weighted by Crippen LogP contribution is 2.29. The van der Waals surface area contributed by atoms with Crippen molar-refractivity contribution in [3.63, 3.8) is 0 Å². The third kappa shape index (κ3) is 4.25. The van der Waals surface area contributed by atoms with Crippen molar-refractivity contribution >= 4 is 17.4 Å². The Kier molecular flexibility index (Phi) is 5.94. The van der Waals surface area contributed by atoms with Crippen LogP contribution < -0.4 is 19.7 Å². The number of carbonyl (C=O) groups excluding carboxylic acids is 1. The van der Waals surface area contributed by atoms with Crippen LogP contribution in [-0.2, 0) is 0 Å². The zero-order valence-corrected chi connectivity index (χ0v) is 15.3. The SMILES string of the molecule is COc1ccc(OC)c(NC(=O)c2ccc(N3CCCCCC3)nc2)c1. The number of benzene rings is 1. The Morgan fingerprint density at radius 3 is 2.42 bits per heavy atom. The number of pyridine rings is 1. The Morgan fingerprint density at radius 2 is 1.81 bits per heavy atom. The first kappa shape index (κ1) is 18.0. The van der Waals surface area contributed by atoms with Crippen LogP contribution >= 0.6 is 0 Å². The van der Waals surface area contributed by atoms with Gasteiger partial charge in [-0.2, -0.15) is 0 Å². The van der Waals surface area contributed by atoms with Gasteiger partial charge in [0.1, 0.15) is 17.3 Å². The molecule has 2 heterocycles. The maximum atomic E-state index is 12.6. The number of nitrogens with zero attached hydrogens (tertiary/aromatic N) is 2. The van der Waals surface area contributed by atoms with Crippen molar-refractivity contribution in [2.75, 3.05) is 37.5 Å². The van der Waals surface area contributed by atoms with Gasteiger partial charge in [0.15, 0.2) is 0 Å². The van der Waals surface area contributed by atoms with E-state index in [0.29, 0.717) is 22.7 Å². The summed E-state index contributed by atoms with van der Waals surface area (Å²) in [7, 11) is 3.15. The van der Waals surface area contributed by atoms with E-state index < -0.39 is 0 Å². The normalized spacial score (nSPS) is 14.5. The zero-order chi connectivity index (χ0) is 18.4. The Balaban J connectivity index is 1.72. The van der Waals surface area contributed by atoms with E-state index in [0.717, 1.165) is 18.9 Å². The fourth-order valence-corrected chi connectivity index (χ4v) is 3.11. The van der Waals surface area contributed by atoms with Crippen molar-refractivity contribution in [1.29, 1.82) is 0 Å². The highest BCUT2D eigenvalue weighted by Gasteiger charge is 2.14. The molecule has 26 heavy (non-hydrogen) atoms. The molecular formula is C20H25N3O3. The van der Waals surface area contributed by atoms with E-state index in [1.165, 1.54) is 25.7 Å². The molecule has 1 fully saturated rings. The quantitative estimate of drug-likeness (QED) is 0.885. The Bertz CT molecular complexity index is 738. The van der Waals surface area contributed by atoms with Crippen molar-refractivity contribution in [2.24, 2.45) is 0 Å². The van der Waals surface area contributed by atoms with Crippen molar-refractivity contribution in [2.45, 2.75) is 25.7 Å². The molecule has 1 N–H and O–H groups in total. The zero-order valence-electron chi connectivity index (χ0n) is 15.3. The number of nitrogens with one attached hydrogen (secondary N) is 1. The van der Waals surface area contributed by atoms with Crippen LogP contribution in [0.5, 0.6) is 11.5 Å². The van der Waals surface area contributed by atoms with E-state index in [1.54, 1.807) is 38.6 Å². The number of rotatable bonds is 5. The maximum absolute atomic E-state index is 12.6. The number of carbonyl (C=O) groups is 1. The molecule has 3 rings (SSSR count). The van der Waals surface area contributed by atoms with Gasteiger partial charge >= 0.3 is 0 Å². The molecule has 1 aliphatic rings. The molecule has 0 saturated carbocycles. The summed E-state index contributed by atoms with van der Waals surface area (Å²) in [4.78, 5) is 19.3. The lowest BCUT2D eigenvalue weighted by Gasteiger charge is -2.21. The van der Waals surface area contributed by atoms with Crippen LogP contribution in [0, 0.1) is 0 Å². The standard InChI is InChI=1S/C20H25N3O3/c1-25-16-8-9-18(26-2)17(13-16)22-20(24)15-7-10-19(21-14-15)23-11-5-3-4-6-12-23/h7-10,13-14H,3-6,11-12H2,1-2H3,(H,22,24). The number of anilines is 2. The summed E-state index contributed by atoms with van der Waals surface area (Å²) in [6.07, 6.45) is 6.57. The maximum Gasteiger partial charge on any atom is 0.257 e. The predicted molar refractivity (Wildman–Crippen MR) is 102 cm³/mol.